The summed E-state index contributed by atoms with van der Waals surface area (Å²) in [6.07, 6.45) is 10.5. The van der Waals surface area contributed by atoms with E-state index in [2.05, 4.69) is 39.9 Å². The molecule has 0 aliphatic heterocycles. The molecule has 2 N–H and O–H groups in total. The van der Waals surface area contributed by atoms with Gasteiger partial charge in [-0.05, 0) is 54.7 Å². The van der Waals surface area contributed by atoms with E-state index in [0.717, 1.165) is 12.0 Å². The van der Waals surface area contributed by atoms with Crippen molar-refractivity contribution < 1.29 is 4.39 Å². The van der Waals surface area contributed by atoms with Gasteiger partial charge in [0.05, 0.1) is 11.3 Å². The van der Waals surface area contributed by atoms with E-state index in [-0.39, 0.29) is 17.4 Å². The summed E-state index contributed by atoms with van der Waals surface area (Å²) in [6, 6.07) is 20.8. The molecule has 1 aliphatic carbocycles. The van der Waals surface area contributed by atoms with Crippen LogP contribution >= 0.6 is 0 Å². The van der Waals surface area contributed by atoms with Crippen molar-refractivity contribution >= 4 is 5.95 Å². The number of rotatable bonds is 9. The first kappa shape index (κ1) is 25.8. The molecule has 1 unspecified atom stereocenters. The van der Waals surface area contributed by atoms with Crippen LogP contribution < -0.4 is 16.2 Å². The van der Waals surface area contributed by atoms with Crippen LogP contribution in [-0.4, -0.2) is 33.2 Å². The molecular weight excluding hydrogens is 477 g/mol. The SMILES string of the molecule is Cn1c(NCC(Cc2ccccc2)NC2CCCCC2)nc(-c2ccncc2)c(-c2ccc(F)cc2)c1=O. The Labute approximate surface area is 223 Å². The zero-order valence-corrected chi connectivity index (χ0v) is 21.7. The van der Waals surface area contributed by atoms with E-state index >= 15 is 0 Å². The van der Waals surface area contributed by atoms with Crippen LogP contribution in [0.3, 0.4) is 0 Å². The fraction of sp³-hybridized carbons (Fsp3) is 0.323. The van der Waals surface area contributed by atoms with Gasteiger partial charge in [-0.1, -0.05) is 61.7 Å². The van der Waals surface area contributed by atoms with Crippen molar-refractivity contribution in [2.75, 3.05) is 11.9 Å². The Balaban J connectivity index is 1.46. The van der Waals surface area contributed by atoms with E-state index < -0.39 is 0 Å². The molecule has 0 saturated heterocycles. The van der Waals surface area contributed by atoms with E-state index in [0.29, 0.717) is 35.4 Å². The zero-order chi connectivity index (χ0) is 26.3. The molecule has 5 rings (SSSR count). The molecule has 4 aromatic rings. The van der Waals surface area contributed by atoms with Crippen molar-refractivity contribution in [2.24, 2.45) is 7.05 Å². The Kier molecular flexibility index (Phi) is 8.24. The van der Waals surface area contributed by atoms with Crippen LogP contribution in [0.15, 0.2) is 83.9 Å². The van der Waals surface area contributed by atoms with Crippen LogP contribution in [0.25, 0.3) is 22.4 Å². The molecule has 0 spiro atoms. The smallest absolute Gasteiger partial charge is 0.263 e. The third-order valence-electron chi connectivity index (χ3n) is 7.29. The molecule has 0 bridgehead atoms. The lowest BCUT2D eigenvalue weighted by Crippen LogP contribution is -2.45. The fourth-order valence-corrected chi connectivity index (χ4v) is 5.26. The number of nitrogens with one attached hydrogen (secondary N) is 2. The summed E-state index contributed by atoms with van der Waals surface area (Å²) in [4.78, 5) is 22.7. The first-order valence-electron chi connectivity index (χ1n) is 13.4. The molecule has 1 fully saturated rings. The summed E-state index contributed by atoms with van der Waals surface area (Å²) in [5.74, 6) is 0.147. The Bertz CT molecular complexity index is 1380. The second-order valence-corrected chi connectivity index (χ2v) is 10.0. The van der Waals surface area contributed by atoms with E-state index in [1.54, 1.807) is 36.1 Å². The number of nitrogens with zero attached hydrogens (tertiary/aromatic N) is 3. The lowest BCUT2D eigenvalue weighted by atomic mass is 9.94. The maximum atomic E-state index is 13.7. The van der Waals surface area contributed by atoms with Gasteiger partial charge in [-0.3, -0.25) is 14.3 Å². The van der Waals surface area contributed by atoms with E-state index in [4.69, 9.17) is 4.98 Å². The van der Waals surface area contributed by atoms with Crippen molar-refractivity contribution in [3.63, 3.8) is 0 Å². The Morgan fingerprint density at radius 3 is 2.37 bits per heavy atom. The van der Waals surface area contributed by atoms with E-state index in [9.17, 15) is 9.18 Å². The molecule has 1 aliphatic rings. The van der Waals surface area contributed by atoms with Crippen molar-refractivity contribution in [1.82, 2.24) is 19.9 Å². The molecule has 0 amide bonds. The highest BCUT2D eigenvalue weighted by atomic mass is 19.1. The van der Waals surface area contributed by atoms with E-state index in [1.165, 1.54) is 49.8 Å². The second-order valence-electron chi connectivity index (χ2n) is 10.0. The van der Waals surface area contributed by atoms with Gasteiger partial charge >= 0.3 is 0 Å². The topological polar surface area (TPSA) is 71.8 Å². The minimum Gasteiger partial charge on any atom is -0.354 e. The highest BCUT2D eigenvalue weighted by Gasteiger charge is 2.21. The molecule has 0 radical (unpaired) electrons. The summed E-state index contributed by atoms with van der Waals surface area (Å²) < 4.78 is 15.2. The van der Waals surface area contributed by atoms with E-state index in [1.807, 2.05) is 18.2 Å². The highest BCUT2D eigenvalue weighted by molar-refractivity contribution is 5.80. The number of halogens is 1. The number of benzene rings is 2. The standard InChI is InChI=1S/C31H34FN5O/c1-37-30(38)28(23-12-14-25(32)15-13-23)29(24-16-18-33-19-17-24)36-31(37)34-21-27(20-22-8-4-2-5-9-22)35-26-10-6-3-7-11-26/h2,4-5,8-9,12-19,26-27,35H,3,6-7,10-11,20-21H2,1H3,(H,34,36). The van der Waals surface area contributed by atoms with Gasteiger partial charge in [0.1, 0.15) is 5.82 Å². The van der Waals surface area contributed by atoms with Crippen molar-refractivity contribution in [3.05, 3.63) is 101 Å². The number of hydrogen-bond donors (Lipinski definition) is 2. The minimum absolute atomic E-state index is 0.179. The molecule has 7 heteroatoms. The fourth-order valence-electron chi connectivity index (χ4n) is 5.26. The number of aromatic nitrogens is 3. The monoisotopic (exact) mass is 511 g/mol. The largest absolute Gasteiger partial charge is 0.354 e. The number of anilines is 1. The number of pyridine rings is 1. The molecule has 2 heterocycles. The molecule has 38 heavy (non-hydrogen) atoms. The van der Waals surface area contributed by atoms with Crippen molar-refractivity contribution in [1.29, 1.82) is 0 Å². The van der Waals surface area contributed by atoms with Gasteiger partial charge < -0.3 is 10.6 Å². The van der Waals surface area contributed by atoms with Gasteiger partial charge in [-0.25, -0.2) is 9.37 Å². The van der Waals surface area contributed by atoms with Crippen LogP contribution in [0.5, 0.6) is 0 Å². The molecule has 1 saturated carbocycles. The first-order chi connectivity index (χ1) is 18.6. The lowest BCUT2D eigenvalue weighted by molar-refractivity contribution is 0.338. The highest BCUT2D eigenvalue weighted by Crippen LogP contribution is 2.29. The average molecular weight is 512 g/mol. The lowest BCUT2D eigenvalue weighted by Gasteiger charge is -2.29. The van der Waals surface area contributed by atoms with Crippen LogP contribution in [0.1, 0.15) is 37.7 Å². The van der Waals surface area contributed by atoms with Crippen LogP contribution in [-0.2, 0) is 13.5 Å². The van der Waals surface area contributed by atoms with Gasteiger partial charge in [0.2, 0.25) is 5.95 Å². The summed E-state index contributed by atoms with van der Waals surface area (Å²) >= 11 is 0. The Morgan fingerprint density at radius 1 is 0.947 bits per heavy atom. The maximum Gasteiger partial charge on any atom is 0.263 e. The summed E-state index contributed by atoms with van der Waals surface area (Å²) in [5.41, 5.74) is 3.46. The normalized spacial score (nSPS) is 14.8. The van der Waals surface area contributed by atoms with Gasteiger partial charge in [-0.2, -0.15) is 0 Å². The summed E-state index contributed by atoms with van der Waals surface area (Å²) in [7, 11) is 1.72. The predicted octanol–water partition coefficient (Wildman–Crippen LogP) is 5.59. The zero-order valence-electron chi connectivity index (χ0n) is 21.7. The molecule has 1 atom stereocenters. The van der Waals surface area contributed by atoms with Gasteiger partial charge in [0.25, 0.3) is 5.56 Å². The maximum absolute atomic E-state index is 13.7. The van der Waals surface area contributed by atoms with Gasteiger partial charge in [0, 0.05) is 43.6 Å². The quantitative estimate of drug-likeness (QED) is 0.306. The van der Waals surface area contributed by atoms with Gasteiger partial charge in [-0.15, -0.1) is 0 Å². The van der Waals surface area contributed by atoms with Crippen LogP contribution in [0, 0.1) is 5.82 Å². The summed E-state index contributed by atoms with van der Waals surface area (Å²) in [5, 5.41) is 7.35. The molecular formula is C31H34FN5O. The van der Waals surface area contributed by atoms with Crippen molar-refractivity contribution in [3.8, 4) is 22.4 Å². The molecule has 2 aromatic heterocycles. The first-order valence-corrected chi connectivity index (χ1v) is 13.4. The minimum atomic E-state index is -0.350. The van der Waals surface area contributed by atoms with Crippen LogP contribution in [0.2, 0.25) is 0 Å². The molecule has 6 nitrogen and oxygen atoms in total. The summed E-state index contributed by atoms with van der Waals surface area (Å²) in [6.45, 7) is 0.622. The average Bonchev–Trinajstić information content (AvgIpc) is 2.96. The van der Waals surface area contributed by atoms with Gasteiger partial charge in [0.15, 0.2) is 0 Å². The predicted molar refractivity (Wildman–Crippen MR) is 151 cm³/mol. The third-order valence-corrected chi connectivity index (χ3v) is 7.29. The second kappa shape index (κ2) is 12.1. The number of hydrogen-bond acceptors (Lipinski definition) is 5. The third kappa shape index (κ3) is 6.17. The Morgan fingerprint density at radius 2 is 1.66 bits per heavy atom. The van der Waals surface area contributed by atoms with Crippen molar-refractivity contribution in [2.45, 2.75) is 50.6 Å². The Hall–Kier alpha value is -3.84. The molecule has 2 aromatic carbocycles. The van der Waals surface area contributed by atoms with Crippen LogP contribution in [0.4, 0.5) is 10.3 Å². The molecule has 196 valence electrons.